The van der Waals surface area contributed by atoms with Crippen molar-refractivity contribution in [2.45, 2.75) is 86.8 Å². The first-order valence-corrected chi connectivity index (χ1v) is 23.0. The molecule has 4 rings (SSSR count). The molecule has 3 fully saturated rings. The van der Waals surface area contributed by atoms with Crippen LogP contribution in [0, 0.1) is 11.4 Å². The fraction of sp³-hybridized carbons (Fsp3) is 0.606. The number of amides is 6. The van der Waals surface area contributed by atoms with E-state index in [4.69, 9.17) is 5.53 Å². The van der Waals surface area contributed by atoms with E-state index < -0.39 is 45.5 Å². The van der Waals surface area contributed by atoms with Crippen molar-refractivity contribution >= 4 is 90.6 Å². The molecule has 5 unspecified atom stereocenters. The number of carbonyl (C=O) groups excluding carboxylic acids is 7. The number of imide groups is 1. The van der Waals surface area contributed by atoms with Crippen LogP contribution in [0.15, 0.2) is 29.4 Å². The second-order valence-corrected chi connectivity index (χ2v) is 18.7. The van der Waals surface area contributed by atoms with Gasteiger partial charge in [-0.25, -0.2) is 18.0 Å². The zero-order chi connectivity index (χ0) is 40.7. The maximum absolute atomic E-state index is 13.2. The number of urea groups is 1. The molecule has 1 aromatic rings. The fourth-order valence-electron chi connectivity index (χ4n) is 6.20. The minimum atomic E-state index is -5.08. The van der Waals surface area contributed by atoms with Crippen LogP contribution in [0.3, 0.4) is 0 Å². The zero-order valence-electron chi connectivity index (χ0n) is 31.3. The Labute approximate surface area is 363 Å². The molecule has 57 heavy (non-hydrogen) atoms. The number of fused-ring (bicyclic) bond motifs is 1. The minimum absolute atomic E-state index is 0. The summed E-state index contributed by atoms with van der Waals surface area (Å²) in [5.41, 5.74) is 7.65. The first-order chi connectivity index (χ1) is 26.8. The van der Waals surface area contributed by atoms with Crippen molar-refractivity contribution in [1.82, 2.24) is 31.2 Å². The Hall–Kier alpha value is -3.02. The van der Waals surface area contributed by atoms with Crippen LogP contribution >= 0.6 is 33.3 Å². The maximum Gasteiger partial charge on any atom is 1.00 e. The van der Waals surface area contributed by atoms with Gasteiger partial charge >= 0.3 is 41.6 Å². The van der Waals surface area contributed by atoms with Crippen molar-refractivity contribution < 1.29 is 80.9 Å². The van der Waals surface area contributed by atoms with E-state index >= 15 is 0 Å². The predicted octanol–water partition coefficient (Wildman–Crippen LogP) is -0.908. The Morgan fingerprint density at radius 2 is 1.75 bits per heavy atom. The van der Waals surface area contributed by atoms with Gasteiger partial charge in [0.25, 0.3) is 11.8 Å². The van der Waals surface area contributed by atoms with E-state index in [2.05, 4.69) is 36.1 Å². The number of nitrogens with zero attached hydrogens (tertiary/aromatic N) is 3. The Morgan fingerprint density at radius 1 is 1.02 bits per heavy atom. The van der Waals surface area contributed by atoms with Crippen LogP contribution in [0.2, 0.25) is 0 Å². The average molecular weight is 880 g/mol. The maximum atomic E-state index is 13.2. The van der Waals surface area contributed by atoms with Gasteiger partial charge in [-0.3, -0.25) is 24.0 Å². The summed E-state index contributed by atoms with van der Waals surface area (Å²) in [7, 11) is -2.50. The quantitative estimate of drug-likeness (QED) is 0.00968. The van der Waals surface area contributed by atoms with Crippen LogP contribution in [0.4, 0.5) is 10.5 Å². The zero-order valence-corrected chi connectivity index (χ0v) is 36.5. The second-order valence-electron chi connectivity index (χ2n) is 13.1. The number of carbonyl (C=O) groups is 7. The summed E-state index contributed by atoms with van der Waals surface area (Å²) in [5.74, 6) is -3.18. The van der Waals surface area contributed by atoms with E-state index in [1.807, 2.05) is 11.8 Å². The first kappa shape index (κ1) is 48.3. The molecular formula is C33H44N8NaO11S4+. The monoisotopic (exact) mass is 879 g/mol. The van der Waals surface area contributed by atoms with Crippen LogP contribution in [0.25, 0.3) is 0 Å². The van der Waals surface area contributed by atoms with Crippen molar-refractivity contribution in [3.8, 4) is 0 Å². The summed E-state index contributed by atoms with van der Waals surface area (Å²) in [6, 6.07) is 6.42. The van der Waals surface area contributed by atoms with Crippen molar-refractivity contribution in [1.29, 1.82) is 5.53 Å². The van der Waals surface area contributed by atoms with Gasteiger partial charge in [-0.15, -0.1) is 5.06 Å². The molecule has 24 heteroatoms. The third-order valence-corrected chi connectivity index (χ3v) is 14.1. The summed E-state index contributed by atoms with van der Waals surface area (Å²) in [5, 5.41) is 13.5. The summed E-state index contributed by atoms with van der Waals surface area (Å²) >= 11 is 1.84. The number of benzene rings is 1. The fourth-order valence-corrected chi connectivity index (χ4v) is 10.3. The van der Waals surface area contributed by atoms with E-state index in [-0.39, 0.29) is 95.5 Å². The summed E-state index contributed by atoms with van der Waals surface area (Å²) < 4.78 is 33.4. The van der Waals surface area contributed by atoms with E-state index in [9.17, 15) is 46.5 Å². The standard InChI is InChI=1S/C33H44N8O11S4.Na/c34-40-39-22-10-8-20(9-11-22)24(42)17-21(5-3-4-13-35-27(43)7-2-1-6-25-30-23(19-53-25)37-33(48)38-30)31(46)36-14-16-55-54-15-12-29(45)52-41-28(44)18-26(32(41)47)56(49,50)51;/h8-11,21,23,25-26,30,34H,1-7,12-19H2,(H4-,35,36,37,38,43,46,48,49,50,51);/q;+1. The number of hydrogen-bond acceptors (Lipinski definition) is 16. The second kappa shape index (κ2) is 24.2. The van der Waals surface area contributed by atoms with Gasteiger partial charge in [0.15, 0.2) is 16.6 Å². The van der Waals surface area contributed by atoms with Gasteiger partial charge in [0.1, 0.15) is 20.9 Å². The normalized spacial score (nSPS) is 20.4. The van der Waals surface area contributed by atoms with Crippen molar-refractivity contribution in [2.24, 2.45) is 11.0 Å². The van der Waals surface area contributed by atoms with E-state index in [0.717, 1.165) is 25.0 Å². The molecule has 0 spiro atoms. The van der Waals surface area contributed by atoms with Gasteiger partial charge in [0.05, 0.1) is 24.9 Å². The Bertz CT molecular complexity index is 1790. The minimum Gasteiger partial charge on any atom is -0.747 e. The Morgan fingerprint density at radius 3 is 2.46 bits per heavy atom. The molecular weight excluding hydrogens is 836 g/mol. The average Bonchev–Trinajstić information content (AvgIpc) is 3.80. The number of rotatable bonds is 24. The smallest absolute Gasteiger partial charge is 0.747 e. The van der Waals surface area contributed by atoms with Gasteiger partial charge in [-0.2, -0.15) is 11.8 Å². The molecule has 5 atom stereocenters. The van der Waals surface area contributed by atoms with Gasteiger partial charge < -0.3 is 30.7 Å². The topological polar surface area (TPSA) is 288 Å². The molecule has 0 radical (unpaired) electrons. The predicted molar refractivity (Wildman–Crippen MR) is 205 cm³/mol. The van der Waals surface area contributed by atoms with Crippen molar-refractivity contribution in [3.63, 3.8) is 0 Å². The van der Waals surface area contributed by atoms with Crippen molar-refractivity contribution in [3.05, 3.63) is 29.8 Å². The van der Waals surface area contributed by atoms with E-state index in [1.54, 1.807) is 24.3 Å². The van der Waals surface area contributed by atoms with E-state index in [0.29, 0.717) is 54.5 Å². The first-order valence-electron chi connectivity index (χ1n) is 18.0. The summed E-state index contributed by atoms with van der Waals surface area (Å²) in [6.45, 7) is 0.685. The number of hydroxylamine groups is 2. The van der Waals surface area contributed by atoms with Gasteiger partial charge in [-0.05, 0) is 49.9 Å². The molecule has 3 aliphatic heterocycles. The molecule has 5 N–H and O–H groups in total. The largest absolute Gasteiger partial charge is 1.00 e. The molecule has 0 aliphatic carbocycles. The number of ketones is 1. The molecule has 0 saturated carbocycles. The molecule has 3 saturated heterocycles. The molecule has 0 aromatic heterocycles. The number of thioether (sulfide) groups is 1. The molecule has 306 valence electrons. The third kappa shape index (κ3) is 15.6. The van der Waals surface area contributed by atoms with Crippen LogP contribution in [-0.2, 0) is 38.9 Å². The van der Waals surface area contributed by atoms with Gasteiger partial charge in [0.2, 0.25) is 16.7 Å². The van der Waals surface area contributed by atoms with Gasteiger partial charge in [-0.1, -0.05) is 34.4 Å². The number of hydrogen-bond donors (Lipinski definition) is 5. The number of Topliss-reactive ketones (excluding diaryl/α,β-unsaturated/α-hetero) is 1. The molecule has 3 heterocycles. The molecule has 0 bridgehead atoms. The van der Waals surface area contributed by atoms with Gasteiger partial charge in [0, 0.05) is 59.9 Å². The SMILES string of the molecule is N=[N+]=Nc1ccc(C(=O)CC(CCCCNC(=O)CCCCC2SCC3NC(=O)NC32)C(=O)NCCSSCCC(=O)ON2C(=O)CC(S(=O)(=O)[O-])C2=O)cc1.[Na+]. The molecule has 6 amide bonds. The van der Waals surface area contributed by atoms with Crippen LogP contribution in [0.1, 0.15) is 74.6 Å². The Balaban J connectivity index is 0.00000870. The number of unbranched alkanes of at least 4 members (excludes halogenated alkanes) is 2. The molecule has 19 nitrogen and oxygen atoms in total. The Kier molecular flexibility index (Phi) is 20.5. The summed E-state index contributed by atoms with van der Waals surface area (Å²) in [6.07, 6.45) is 3.37. The van der Waals surface area contributed by atoms with Crippen LogP contribution in [0.5, 0.6) is 0 Å². The third-order valence-electron chi connectivity index (χ3n) is 9.10. The van der Waals surface area contributed by atoms with Crippen LogP contribution in [-0.4, -0.2) is 112 Å². The van der Waals surface area contributed by atoms with E-state index in [1.165, 1.54) is 21.6 Å². The summed E-state index contributed by atoms with van der Waals surface area (Å²) in [4.78, 5) is 93.9. The van der Waals surface area contributed by atoms with Crippen LogP contribution < -0.4 is 55.7 Å². The molecule has 3 aliphatic rings. The molecule has 1 aromatic carbocycles. The number of nitrogens with one attached hydrogen (secondary N) is 5. The van der Waals surface area contributed by atoms with Crippen molar-refractivity contribution in [2.75, 3.05) is 30.3 Å².